The Balaban J connectivity index is 1.78. The van der Waals surface area contributed by atoms with Crippen LogP contribution < -0.4 is 15.8 Å². The third kappa shape index (κ3) is 5.08. The third-order valence-corrected chi connectivity index (χ3v) is 4.83. The lowest BCUT2D eigenvalue weighted by Gasteiger charge is -2.13. The minimum atomic E-state index is 0.0614. The summed E-state index contributed by atoms with van der Waals surface area (Å²) in [6, 6.07) is 7.63. The fraction of sp³-hybridized carbons (Fsp3) is 0.250. The minimum absolute atomic E-state index is 0.0614. The Hall–Kier alpha value is -3.54. The maximum Gasteiger partial charge on any atom is 0.135 e. The molecular formula is C24H28N4O2. The summed E-state index contributed by atoms with van der Waals surface area (Å²) in [5.74, 6) is 2.25. The van der Waals surface area contributed by atoms with Crippen molar-refractivity contribution >= 4 is 23.4 Å². The van der Waals surface area contributed by atoms with Crippen molar-refractivity contribution in [2.24, 2.45) is 10.7 Å². The second-order valence-electron chi connectivity index (χ2n) is 7.09. The van der Waals surface area contributed by atoms with Crippen LogP contribution in [-0.4, -0.2) is 22.9 Å². The van der Waals surface area contributed by atoms with Crippen molar-refractivity contribution < 1.29 is 9.84 Å². The molecule has 156 valence electrons. The van der Waals surface area contributed by atoms with E-state index in [1.54, 1.807) is 6.21 Å². The van der Waals surface area contributed by atoms with E-state index in [2.05, 4.69) is 21.9 Å². The van der Waals surface area contributed by atoms with Crippen molar-refractivity contribution in [2.75, 3.05) is 11.9 Å². The van der Waals surface area contributed by atoms with Crippen LogP contribution in [0.5, 0.6) is 5.75 Å². The van der Waals surface area contributed by atoms with Gasteiger partial charge in [-0.3, -0.25) is 0 Å². The number of rotatable bonds is 8. The number of aromatic nitrogens is 1. The molecule has 0 aliphatic carbocycles. The topological polar surface area (TPSA) is 92.8 Å². The number of benzene rings is 1. The summed E-state index contributed by atoms with van der Waals surface area (Å²) < 4.78 is 5.91. The number of hydrogen-bond donors (Lipinski definition) is 3. The molecule has 0 atom stereocenters. The van der Waals surface area contributed by atoms with Crippen molar-refractivity contribution in [2.45, 2.75) is 33.2 Å². The highest BCUT2D eigenvalue weighted by Gasteiger charge is 2.22. The summed E-state index contributed by atoms with van der Waals surface area (Å²) in [6.45, 7) is 8.83. The number of aliphatic hydroxyl groups excluding tert-OH is 1. The van der Waals surface area contributed by atoms with Gasteiger partial charge in [-0.15, -0.1) is 0 Å². The van der Waals surface area contributed by atoms with Gasteiger partial charge in [0, 0.05) is 42.1 Å². The normalized spacial score (nSPS) is 13.9. The molecule has 1 aliphatic rings. The van der Waals surface area contributed by atoms with Crippen molar-refractivity contribution in [3.8, 4) is 5.75 Å². The summed E-state index contributed by atoms with van der Waals surface area (Å²) in [6.07, 6.45) is 8.96. The van der Waals surface area contributed by atoms with Gasteiger partial charge in [-0.05, 0) is 42.7 Å². The molecule has 1 aliphatic heterocycles. The SMILES string of the molecule is C=C(O)c1cccc(CNc2ncc(/C(C)=C/C=N/C(N)=C/CC)c3c2CCO3)c1. The van der Waals surface area contributed by atoms with Crippen molar-refractivity contribution in [1.29, 1.82) is 0 Å². The zero-order valence-corrected chi connectivity index (χ0v) is 17.5. The van der Waals surface area contributed by atoms with Gasteiger partial charge in [0.15, 0.2) is 0 Å². The number of nitrogens with one attached hydrogen (secondary N) is 1. The molecule has 2 aromatic rings. The monoisotopic (exact) mass is 404 g/mol. The number of allylic oxidation sites excluding steroid dienone is 3. The molecule has 0 fully saturated rings. The van der Waals surface area contributed by atoms with E-state index in [1.165, 1.54) is 0 Å². The molecule has 0 bridgehead atoms. The predicted molar refractivity (Wildman–Crippen MR) is 124 cm³/mol. The highest BCUT2D eigenvalue weighted by molar-refractivity contribution is 5.86. The standard InChI is InChI=1S/C24H28N4O2/c1-4-6-22(25)26-11-9-16(2)21-15-28-24(20-10-12-30-23(20)21)27-14-18-7-5-8-19(13-18)17(3)29/h5-9,11,13,15,29H,3-4,10,12,14,25H2,1-2H3,(H,27,28)/b16-9+,22-6+,26-11+. The number of nitrogens with zero attached hydrogens (tertiary/aromatic N) is 2. The van der Waals surface area contributed by atoms with Crippen molar-refractivity contribution in [1.82, 2.24) is 4.98 Å². The van der Waals surface area contributed by atoms with Gasteiger partial charge in [-0.1, -0.05) is 31.7 Å². The quantitative estimate of drug-likeness (QED) is 0.432. The first-order valence-corrected chi connectivity index (χ1v) is 10.0. The van der Waals surface area contributed by atoms with Gasteiger partial charge in [-0.25, -0.2) is 9.98 Å². The van der Waals surface area contributed by atoms with Gasteiger partial charge < -0.3 is 20.9 Å². The van der Waals surface area contributed by atoms with Crippen molar-refractivity contribution in [3.63, 3.8) is 0 Å². The first-order valence-electron chi connectivity index (χ1n) is 10.0. The van der Waals surface area contributed by atoms with Crippen LogP contribution in [0.2, 0.25) is 0 Å². The fourth-order valence-corrected chi connectivity index (χ4v) is 3.25. The van der Waals surface area contributed by atoms with Crippen LogP contribution in [0.25, 0.3) is 11.3 Å². The van der Waals surface area contributed by atoms with Gasteiger partial charge in [0.1, 0.15) is 23.1 Å². The summed E-state index contributed by atoms with van der Waals surface area (Å²) in [5, 5.41) is 13.0. The summed E-state index contributed by atoms with van der Waals surface area (Å²) in [7, 11) is 0. The Morgan fingerprint density at radius 3 is 3.03 bits per heavy atom. The number of aliphatic hydroxyl groups is 1. The Morgan fingerprint density at radius 2 is 2.27 bits per heavy atom. The zero-order valence-electron chi connectivity index (χ0n) is 17.5. The molecule has 0 saturated carbocycles. The number of ether oxygens (including phenoxy) is 1. The van der Waals surface area contributed by atoms with E-state index in [1.807, 2.05) is 56.5 Å². The van der Waals surface area contributed by atoms with Crippen LogP contribution in [0.4, 0.5) is 5.82 Å². The molecule has 0 amide bonds. The van der Waals surface area contributed by atoms with Crippen LogP contribution in [0.15, 0.2) is 60.0 Å². The van der Waals surface area contributed by atoms with E-state index < -0.39 is 0 Å². The number of pyridine rings is 1. The Bertz CT molecular complexity index is 1020. The first-order chi connectivity index (χ1) is 14.5. The van der Waals surface area contributed by atoms with E-state index in [0.29, 0.717) is 24.5 Å². The van der Waals surface area contributed by atoms with Gasteiger partial charge in [0.25, 0.3) is 0 Å². The molecule has 0 spiro atoms. The number of anilines is 1. The number of fused-ring (bicyclic) bond motifs is 1. The predicted octanol–water partition coefficient (Wildman–Crippen LogP) is 4.84. The Kier molecular flexibility index (Phi) is 6.91. The molecule has 3 rings (SSSR count). The highest BCUT2D eigenvalue weighted by Crippen LogP contribution is 2.37. The Labute approximate surface area is 177 Å². The summed E-state index contributed by atoms with van der Waals surface area (Å²) in [5.41, 5.74) is 10.6. The lowest BCUT2D eigenvalue weighted by Crippen LogP contribution is -2.05. The van der Waals surface area contributed by atoms with Crippen molar-refractivity contribution in [3.05, 3.63) is 77.3 Å². The average molecular weight is 405 g/mol. The maximum absolute atomic E-state index is 9.59. The molecule has 30 heavy (non-hydrogen) atoms. The summed E-state index contributed by atoms with van der Waals surface area (Å²) in [4.78, 5) is 8.85. The summed E-state index contributed by atoms with van der Waals surface area (Å²) >= 11 is 0. The van der Waals surface area contributed by atoms with Gasteiger partial charge in [-0.2, -0.15) is 0 Å². The van der Waals surface area contributed by atoms with Gasteiger partial charge in [0.05, 0.1) is 6.61 Å². The maximum atomic E-state index is 9.59. The highest BCUT2D eigenvalue weighted by atomic mass is 16.5. The first kappa shape index (κ1) is 21.2. The van der Waals surface area contributed by atoms with E-state index in [0.717, 1.165) is 46.7 Å². The lowest BCUT2D eigenvalue weighted by atomic mass is 10.0. The minimum Gasteiger partial charge on any atom is -0.508 e. The Morgan fingerprint density at radius 1 is 1.43 bits per heavy atom. The van der Waals surface area contributed by atoms with Crippen LogP contribution in [0.3, 0.4) is 0 Å². The average Bonchev–Trinajstić information content (AvgIpc) is 3.22. The van der Waals surface area contributed by atoms with Crippen LogP contribution in [0, 0.1) is 0 Å². The van der Waals surface area contributed by atoms with Gasteiger partial charge in [0.2, 0.25) is 0 Å². The van der Waals surface area contributed by atoms with Crippen LogP contribution >= 0.6 is 0 Å². The van der Waals surface area contributed by atoms with E-state index in [-0.39, 0.29) is 5.76 Å². The second kappa shape index (κ2) is 9.78. The smallest absolute Gasteiger partial charge is 0.135 e. The lowest BCUT2D eigenvalue weighted by molar-refractivity contribution is 0.356. The largest absolute Gasteiger partial charge is 0.508 e. The van der Waals surface area contributed by atoms with E-state index in [4.69, 9.17) is 10.5 Å². The number of aliphatic imine (C=N–C) groups is 1. The molecule has 2 heterocycles. The third-order valence-electron chi connectivity index (χ3n) is 4.83. The number of hydrogen-bond acceptors (Lipinski definition) is 6. The van der Waals surface area contributed by atoms with E-state index in [9.17, 15) is 5.11 Å². The second-order valence-corrected chi connectivity index (χ2v) is 7.09. The molecule has 1 aromatic carbocycles. The molecule has 0 unspecified atom stereocenters. The molecular weight excluding hydrogens is 376 g/mol. The van der Waals surface area contributed by atoms with Crippen LogP contribution in [0.1, 0.15) is 42.5 Å². The fourth-order valence-electron chi connectivity index (χ4n) is 3.25. The van der Waals surface area contributed by atoms with Gasteiger partial charge >= 0.3 is 0 Å². The molecule has 6 nitrogen and oxygen atoms in total. The molecule has 1 aromatic heterocycles. The zero-order chi connectivity index (χ0) is 21.5. The molecule has 0 radical (unpaired) electrons. The van der Waals surface area contributed by atoms with Crippen LogP contribution in [-0.2, 0) is 13.0 Å². The number of nitrogens with two attached hydrogens (primary N) is 1. The molecule has 4 N–H and O–H groups in total. The molecule has 0 saturated heterocycles. The van der Waals surface area contributed by atoms with E-state index >= 15 is 0 Å². The molecule has 6 heteroatoms.